The molecule has 0 atom stereocenters. The van der Waals surface area contributed by atoms with E-state index >= 15 is 0 Å². The highest BCUT2D eigenvalue weighted by molar-refractivity contribution is 5.95. The van der Waals surface area contributed by atoms with Gasteiger partial charge in [-0.15, -0.1) is 0 Å². The molecule has 4 rings (SSSR count). The van der Waals surface area contributed by atoms with Gasteiger partial charge in [0.1, 0.15) is 5.58 Å². The molecule has 0 saturated heterocycles. The van der Waals surface area contributed by atoms with Crippen LogP contribution >= 0.6 is 0 Å². The van der Waals surface area contributed by atoms with Crippen LogP contribution < -0.4 is 5.63 Å². The third-order valence-electron chi connectivity index (χ3n) is 4.21. The van der Waals surface area contributed by atoms with Gasteiger partial charge in [0.2, 0.25) is 0 Å². The van der Waals surface area contributed by atoms with Crippen LogP contribution in [0.3, 0.4) is 0 Å². The summed E-state index contributed by atoms with van der Waals surface area (Å²) in [5.74, 6) is 0. The molecule has 1 heterocycles. The highest BCUT2D eigenvalue weighted by Gasteiger charge is 2.09. The maximum absolute atomic E-state index is 11.9. The highest BCUT2D eigenvalue weighted by atomic mass is 16.4. The van der Waals surface area contributed by atoms with Gasteiger partial charge in [-0.25, -0.2) is 4.79 Å². The lowest BCUT2D eigenvalue weighted by Gasteiger charge is -2.08. The minimum atomic E-state index is -0.328. The Kier molecular flexibility index (Phi) is 3.51. The molecule has 24 heavy (non-hydrogen) atoms. The lowest BCUT2D eigenvalue weighted by atomic mass is 9.97. The van der Waals surface area contributed by atoms with Crippen LogP contribution in [0.4, 0.5) is 0 Å². The van der Waals surface area contributed by atoms with Gasteiger partial charge < -0.3 is 4.42 Å². The molecule has 2 nitrogen and oxygen atoms in total. The van der Waals surface area contributed by atoms with Crippen LogP contribution in [-0.2, 0) is 0 Å². The lowest BCUT2D eigenvalue weighted by molar-refractivity contribution is 0.561. The summed E-state index contributed by atoms with van der Waals surface area (Å²) in [4.78, 5) is 11.9. The topological polar surface area (TPSA) is 30.2 Å². The standard InChI is InChI=1S/C22H16O2/c1-15-7-9-17(10-8-15)19-14-22(23)24-21-12-11-18(13-20(19)21)16-5-3-2-4-6-16/h2-14H,1H3. The van der Waals surface area contributed by atoms with E-state index in [0.29, 0.717) is 5.58 Å². The van der Waals surface area contributed by atoms with E-state index in [-0.39, 0.29) is 5.63 Å². The molecule has 1 aromatic heterocycles. The molecule has 0 spiro atoms. The Balaban J connectivity index is 1.98. The first-order valence-electron chi connectivity index (χ1n) is 7.91. The van der Waals surface area contributed by atoms with Crippen LogP contribution in [0.15, 0.2) is 88.1 Å². The summed E-state index contributed by atoms with van der Waals surface area (Å²) in [5.41, 5.74) is 5.63. The van der Waals surface area contributed by atoms with Gasteiger partial charge in [0.15, 0.2) is 0 Å². The normalized spacial score (nSPS) is 10.9. The average molecular weight is 312 g/mol. The number of aryl methyl sites for hydroxylation is 1. The largest absolute Gasteiger partial charge is 0.423 e. The molecule has 4 aromatic rings. The van der Waals surface area contributed by atoms with Crippen molar-refractivity contribution in [2.75, 3.05) is 0 Å². The molecule has 0 aliphatic carbocycles. The number of benzene rings is 3. The Morgan fingerprint density at radius 2 is 1.42 bits per heavy atom. The Bertz CT molecular complexity index is 1060. The van der Waals surface area contributed by atoms with Crippen LogP contribution in [0.2, 0.25) is 0 Å². The van der Waals surface area contributed by atoms with Crippen LogP contribution in [0, 0.1) is 6.92 Å². The molecule has 0 fully saturated rings. The first-order valence-corrected chi connectivity index (χ1v) is 7.91. The SMILES string of the molecule is Cc1ccc(-c2cc(=O)oc3ccc(-c4ccccc4)cc23)cc1. The van der Waals surface area contributed by atoms with Gasteiger partial charge in [0.25, 0.3) is 0 Å². The summed E-state index contributed by atoms with van der Waals surface area (Å²) >= 11 is 0. The quantitative estimate of drug-likeness (QED) is 0.462. The predicted molar refractivity (Wildman–Crippen MR) is 98.1 cm³/mol. The summed E-state index contributed by atoms with van der Waals surface area (Å²) in [5, 5.41) is 0.944. The molecule has 2 heteroatoms. The monoisotopic (exact) mass is 312 g/mol. The fourth-order valence-corrected chi connectivity index (χ4v) is 2.95. The van der Waals surface area contributed by atoms with Crippen molar-refractivity contribution in [2.24, 2.45) is 0 Å². The molecule has 0 unspecified atom stereocenters. The maximum Gasteiger partial charge on any atom is 0.336 e. The van der Waals surface area contributed by atoms with Gasteiger partial charge in [-0.1, -0.05) is 66.2 Å². The fourth-order valence-electron chi connectivity index (χ4n) is 2.95. The first-order chi connectivity index (χ1) is 11.7. The molecule has 0 bridgehead atoms. The number of hydrogen-bond donors (Lipinski definition) is 0. The third kappa shape index (κ3) is 2.63. The van der Waals surface area contributed by atoms with Gasteiger partial charge in [-0.3, -0.25) is 0 Å². The second kappa shape index (κ2) is 5.82. The van der Waals surface area contributed by atoms with Gasteiger partial charge >= 0.3 is 5.63 Å². The molecule has 116 valence electrons. The van der Waals surface area contributed by atoms with E-state index in [1.165, 1.54) is 5.56 Å². The smallest absolute Gasteiger partial charge is 0.336 e. The van der Waals surface area contributed by atoms with Crippen LogP contribution in [-0.4, -0.2) is 0 Å². The van der Waals surface area contributed by atoms with E-state index < -0.39 is 0 Å². The zero-order valence-electron chi connectivity index (χ0n) is 13.3. The fraction of sp³-hybridized carbons (Fsp3) is 0.0455. The Hall–Kier alpha value is -3.13. The van der Waals surface area contributed by atoms with Crippen molar-refractivity contribution in [2.45, 2.75) is 6.92 Å². The zero-order valence-corrected chi connectivity index (χ0v) is 13.3. The first kappa shape index (κ1) is 14.5. The van der Waals surface area contributed by atoms with E-state index in [1.807, 2.05) is 42.5 Å². The van der Waals surface area contributed by atoms with Crippen molar-refractivity contribution in [3.63, 3.8) is 0 Å². The van der Waals surface area contributed by atoms with Crippen LogP contribution in [0.5, 0.6) is 0 Å². The second-order valence-electron chi connectivity index (χ2n) is 5.92. The Morgan fingerprint density at radius 1 is 0.708 bits per heavy atom. The van der Waals surface area contributed by atoms with Crippen molar-refractivity contribution in [1.82, 2.24) is 0 Å². The molecule has 0 saturated carbocycles. The number of rotatable bonds is 2. The predicted octanol–water partition coefficient (Wildman–Crippen LogP) is 5.44. The molecule has 0 aliphatic heterocycles. The maximum atomic E-state index is 11.9. The van der Waals surface area contributed by atoms with Gasteiger partial charge in [0.05, 0.1) is 0 Å². The molecule has 0 radical (unpaired) electrons. The lowest BCUT2D eigenvalue weighted by Crippen LogP contribution is -1.98. The van der Waals surface area contributed by atoms with Crippen molar-refractivity contribution in [3.8, 4) is 22.3 Å². The van der Waals surface area contributed by atoms with Crippen molar-refractivity contribution < 1.29 is 4.42 Å². The summed E-state index contributed by atoms with van der Waals surface area (Å²) in [6.07, 6.45) is 0. The Morgan fingerprint density at radius 3 is 2.17 bits per heavy atom. The summed E-state index contributed by atoms with van der Waals surface area (Å²) in [6.45, 7) is 2.05. The Labute approximate surface area is 140 Å². The average Bonchev–Trinajstić information content (AvgIpc) is 2.62. The summed E-state index contributed by atoms with van der Waals surface area (Å²) < 4.78 is 5.38. The van der Waals surface area contributed by atoms with E-state index in [9.17, 15) is 4.79 Å². The third-order valence-corrected chi connectivity index (χ3v) is 4.21. The molecule has 0 amide bonds. The van der Waals surface area contributed by atoms with E-state index in [0.717, 1.165) is 27.6 Å². The summed E-state index contributed by atoms with van der Waals surface area (Å²) in [7, 11) is 0. The number of hydrogen-bond acceptors (Lipinski definition) is 2. The van der Waals surface area contributed by atoms with Crippen molar-refractivity contribution in [3.05, 3.63) is 94.8 Å². The summed E-state index contributed by atoms with van der Waals surface area (Å²) in [6, 6.07) is 25.9. The minimum absolute atomic E-state index is 0.328. The van der Waals surface area contributed by atoms with Gasteiger partial charge in [-0.2, -0.15) is 0 Å². The van der Waals surface area contributed by atoms with Crippen molar-refractivity contribution >= 4 is 11.0 Å². The van der Waals surface area contributed by atoms with Gasteiger partial charge in [0, 0.05) is 11.5 Å². The molecular weight excluding hydrogens is 296 g/mol. The van der Waals surface area contributed by atoms with E-state index in [2.05, 4.69) is 37.3 Å². The zero-order chi connectivity index (χ0) is 16.5. The second-order valence-corrected chi connectivity index (χ2v) is 5.92. The van der Waals surface area contributed by atoms with Gasteiger partial charge in [-0.05, 0) is 41.3 Å². The van der Waals surface area contributed by atoms with E-state index in [1.54, 1.807) is 6.07 Å². The van der Waals surface area contributed by atoms with Crippen LogP contribution in [0.25, 0.3) is 33.2 Å². The molecule has 3 aromatic carbocycles. The number of fused-ring (bicyclic) bond motifs is 1. The molecule has 0 aliphatic rings. The molecular formula is C22H16O2. The van der Waals surface area contributed by atoms with E-state index in [4.69, 9.17) is 4.42 Å². The van der Waals surface area contributed by atoms with Crippen molar-refractivity contribution in [1.29, 1.82) is 0 Å². The minimum Gasteiger partial charge on any atom is -0.423 e. The van der Waals surface area contributed by atoms with Crippen LogP contribution in [0.1, 0.15) is 5.56 Å². The highest BCUT2D eigenvalue weighted by Crippen LogP contribution is 2.31. The molecule has 0 N–H and O–H groups in total.